The maximum atomic E-state index is 12.9. The van der Waals surface area contributed by atoms with Gasteiger partial charge in [-0.1, -0.05) is 35.3 Å². The number of hydrogen-bond donors (Lipinski definition) is 2. The van der Waals surface area contributed by atoms with Gasteiger partial charge in [-0.25, -0.2) is 9.78 Å². The molecule has 0 spiro atoms. The zero-order valence-electron chi connectivity index (χ0n) is 23.6. The van der Waals surface area contributed by atoms with Crippen molar-refractivity contribution < 1.29 is 23.9 Å². The highest BCUT2D eigenvalue weighted by Crippen LogP contribution is 2.35. The molecule has 2 aromatic heterocycles. The molecule has 10 nitrogen and oxygen atoms in total. The van der Waals surface area contributed by atoms with Gasteiger partial charge in [-0.15, -0.1) is 11.6 Å². The molecular formula is C30H27BrCl3N5O5. The number of nitrogens with one attached hydrogen (secondary N) is 2. The van der Waals surface area contributed by atoms with Crippen molar-refractivity contribution in [1.82, 2.24) is 14.7 Å². The molecule has 0 fully saturated rings. The van der Waals surface area contributed by atoms with E-state index in [1.54, 1.807) is 55.6 Å². The fraction of sp³-hybridized carbons (Fsp3) is 0.200. The van der Waals surface area contributed by atoms with Gasteiger partial charge in [0.25, 0.3) is 0 Å². The number of hydrogen-bond acceptors (Lipinski definition) is 6. The maximum absolute atomic E-state index is 12.9. The quantitative estimate of drug-likeness (QED) is 0.129. The van der Waals surface area contributed by atoms with Crippen molar-refractivity contribution in [3.8, 4) is 5.75 Å². The van der Waals surface area contributed by atoms with Crippen LogP contribution in [-0.4, -0.2) is 53.4 Å². The van der Waals surface area contributed by atoms with Gasteiger partial charge in [0.2, 0.25) is 11.8 Å². The van der Waals surface area contributed by atoms with E-state index in [2.05, 4.69) is 31.5 Å². The lowest BCUT2D eigenvalue weighted by Crippen LogP contribution is -2.37. The van der Waals surface area contributed by atoms with E-state index in [4.69, 9.17) is 44.3 Å². The Bertz CT molecular complexity index is 1710. The number of ether oxygens (including phenoxy) is 2. The van der Waals surface area contributed by atoms with Gasteiger partial charge in [-0.05, 0) is 70.9 Å². The van der Waals surface area contributed by atoms with E-state index in [1.165, 1.54) is 11.0 Å². The second-order valence-electron chi connectivity index (χ2n) is 9.28. The summed E-state index contributed by atoms with van der Waals surface area (Å²) in [6.07, 6.45) is 4.13. The number of carbonyl (C=O) groups is 3. The first kappa shape index (κ1) is 33.1. The SMILES string of the molecule is Cc1nc2c(OCc3c(Cl)ccc(N(C)C(=O)CNC(=O)C=Cc4ccc(NC(=O)OCCCl)cc4)c3Cl)cccn2c1Br. The highest BCUT2D eigenvalue weighted by molar-refractivity contribution is 9.10. The number of nitrogens with zero attached hydrogens (tertiary/aromatic N) is 3. The summed E-state index contributed by atoms with van der Waals surface area (Å²) >= 11 is 22.1. The molecule has 0 atom stereocenters. The summed E-state index contributed by atoms with van der Waals surface area (Å²) < 4.78 is 13.6. The number of fused-ring (bicyclic) bond motifs is 1. The molecule has 44 heavy (non-hydrogen) atoms. The normalized spacial score (nSPS) is 11.0. The number of amides is 3. The number of anilines is 2. The van der Waals surface area contributed by atoms with Gasteiger partial charge in [-0.2, -0.15) is 0 Å². The number of aryl methyl sites for hydroxylation is 1. The number of benzene rings is 2. The molecule has 2 heterocycles. The second-order valence-corrected chi connectivity index (χ2v) is 11.2. The van der Waals surface area contributed by atoms with Crippen LogP contribution in [0.3, 0.4) is 0 Å². The van der Waals surface area contributed by atoms with Crippen molar-refractivity contribution in [2.24, 2.45) is 0 Å². The van der Waals surface area contributed by atoms with Crippen LogP contribution >= 0.6 is 50.7 Å². The first-order chi connectivity index (χ1) is 21.1. The van der Waals surface area contributed by atoms with Crippen LogP contribution in [0.15, 0.2) is 65.4 Å². The molecule has 0 saturated carbocycles. The Morgan fingerprint density at radius 2 is 1.86 bits per heavy atom. The van der Waals surface area contributed by atoms with E-state index >= 15 is 0 Å². The molecule has 2 aromatic carbocycles. The highest BCUT2D eigenvalue weighted by atomic mass is 79.9. The number of rotatable bonds is 11. The second kappa shape index (κ2) is 15.3. The summed E-state index contributed by atoms with van der Waals surface area (Å²) in [6, 6.07) is 13.6. The third kappa shape index (κ3) is 8.23. The van der Waals surface area contributed by atoms with Crippen LogP contribution < -0.4 is 20.3 Å². The fourth-order valence-corrected chi connectivity index (χ4v) is 5.03. The lowest BCUT2D eigenvalue weighted by molar-refractivity contribution is -0.122. The third-order valence-corrected chi connectivity index (χ3v) is 8.18. The van der Waals surface area contributed by atoms with E-state index in [1.807, 2.05) is 23.6 Å². The Balaban J connectivity index is 1.33. The molecule has 4 rings (SSSR count). The summed E-state index contributed by atoms with van der Waals surface area (Å²) in [5.41, 5.74) is 3.57. The molecule has 0 bridgehead atoms. The molecule has 0 radical (unpaired) electrons. The summed E-state index contributed by atoms with van der Waals surface area (Å²) in [5, 5.41) is 5.76. The van der Waals surface area contributed by atoms with E-state index in [0.717, 1.165) is 10.3 Å². The van der Waals surface area contributed by atoms with Crippen LogP contribution in [0.25, 0.3) is 11.7 Å². The average Bonchev–Trinajstić information content (AvgIpc) is 3.31. The maximum Gasteiger partial charge on any atom is 0.411 e. The van der Waals surface area contributed by atoms with Gasteiger partial charge >= 0.3 is 6.09 Å². The zero-order chi connectivity index (χ0) is 31.8. The number of carbonyl (C=O) groups excluding carboxylic acids is 3. The van der Waals surface area contributed by atoms with Crippen LogP contribution in [0.1, 0.15) is 16.8 Å². The molecule has 230 valence electrons. The van der Waals surface area contributed by atoms with Gasteiger partial charge < -0.3 is 19.7 Å². The van der Waals surface area contributed by atoms with Crippen molar-refractivity contribution in [2.75, 3.05) is 36.3 Å². The average molecular weight is 724 g/mol. The predicted molar refractivity (Wildman–Crippen MR) is 176 cm³/mol. The molecule has 4 aromatic rings. The van der Waals surface area contributed by atoms with Crippen LogP contribution in [0.5, 0.6) is 5.75 Å². The summed E-state index contributed by atoms with van der Waals surface area (Å²) in [5.74, 6) is -0.127. The van der Waals surface area contributed by atoms with Crippen LogP contribution in [0.4, 0.5) is 16.2 Å². The summed E-state index contributed by atoms with van der Waals surface area (Å²) in [6.45, 7) is 1.75. The van der Waals surface area contributed by atoms with Gasteiger partial charge in [0, 0.05) is 35.6 Å². The molecular weight excluding hydrogens is 697 g/mol. The van der Waals surface area contributed by atoms with Gasteiger partial charge in [0.05, 0.1) is 28.8 Å². The first-order valence-electron chi connectivity index (χ1n) is 13.1. The molecule has 0 aliphatic carbocycles. The number of pyridine rings is 1. The number of likely N-dealkylation sites (N-methyl/N-ethyl adjacent to an activating group) is 1. The minimum absolute atomic E-state index is 0.0351. The monoisotopic (exact) mass is 721 g/mol. The van der Waals surface area contributed by atoms with Crippen LogP contribution in [0.2, 0.25) is 10.0 Å². The summed E-state index contributed by atoms with van der Waals surface area (Å²) in [7, 11) is 1.55. The van der Waals surface area contributed by atoms with E-state index in [9.17, 15) is 14.4 Å². The van der Waals surface area contributed by atoms with Crippen molar-refractivity contribution in [3.05, 3.63) is 92.3 Å². The molecule has 0 unspecified atom stereocenters. The largest absolute Gasteiger partial charge is 0.485 e. The van der Waals surface area contributed by atoms with Gasteiger partial charge in [0.15, 0.2) is 11.4 Å². The lowest BCUT2D eigenvalue weighted by Gasteiger charge is -2.21. The number of aromatic nitrogens is 2. The topological polar surface area (TPSA) is 114 Å². The van der Waals surface area contributed by atoms with E-state index in [-0.39, 0.29) is 30.7 Å². The Labute approximate surface area is 277 Å². The Morgan fingerprint density at radius 1 is 1.11 bits per heavy atom. The fourth-order valence-electron chi connectivity index (χ4n) is 3.98. The third-order valence-electron chi connectivity index (χ3n) is 6.30. The standard InChI is InChI=1S/C30H27BrCl3N5O5/c1-18-28(31)39-14-3-4-24(29(39)36-18)44-17-21-22(33)10-11-23(27(21)34)38(2)26(41)16-35-25(40)12-7-19-5-8-20(9-6-19)37-30(42)43-15-13-32/h3-12,14H,13,15-17H2,1-2H3,(H,35,40)(H,37,42). The zero-order valence-corrected chi connectivity index (χ0v) is 27.4. The molecule has 0 aliphatic heterocycles. The smallest absolute Gasteiger partial charge is 0.411 e. The van der Waals surface area contributed by atoms with Crippen LogP contribution in [-0.2, 0) is 20.9 Å². The highest BCUT2D eigenvalue weighted by Gasteiger charge is 2.20. The Hall–Kier alpha value is -3.77. The molecule has 14 heteroatoms. The van der Waals surface area contributed by atoms with Crippen molar-refractivity contribution in [1.29, 1.82) is 0 Å². The molecule has 3 amide bonds. The van der Waals surface area contributed by atoms with Gasteiger partial charge in [-0.3, -0.25) is 19.3 Å². The molecule has 0 aliphatic rings. The minimum atomic E-state index is -0.612. The minimum Gasteiger partial charge on any atom is -0.485 e. The van der Waals surface area contributed by atoms with Crippen molar-refractivity contribution >= 4 is 91.7 Å². The van der Waals surface area contributed by atoms with Crippen molar-refractivity contribution in [3.63, 3.8) is 0 Å². The Kier molecular flexibility index (Phi) is 11.5. The number of alkyl halides is 1. The van der Waals surface area contributed by atoms with Crippen molar-refractivity contribution in [2.45, 2.75) is 13.5 Å². The predicted octanol–water partition coefficient (Wildman–Crippen LogP) is 6.87. The number of halogens is 4. The van der Waals surface area contributed by atoms with E-state index in [0.29, 0.717) is 38.9 Å². The first-order valence-corrected chi connectivity index (χ1v) is 15.2. The molecule has 2 N–H and O–H groups in total. The number of imidazole rings is 1. The van der Waals surface area contributed by atoms with Crippen LogP contribution in [0, 0.1) is 6.92 Å². The lowest BCUT2D eigenvalue weighted by atomic mass is 10.2. The molecule has 0 saturated heterocycles. The van der Waals surface area contributed by atoms with Gasteiger partial charge in [0.1, 0.15) is 17.8 Å². The Morgan fingerprint density at radius 3 is 2.59 bits per heavy atom. The van der Waals surface area contributed by atoms with E-state index < -0.39 is 17.9 Å². The summed E-state index contributed by atoms with van der Waals surface area (Å²) in [4.78, 5) is 42.8.